The van der Waals surface area contributed by atoms with Gasteiger partial charge in [0.25, 0.3) is 11.8 Å². The second kappa shape index (κ2) is 7.34. The Kier molecular flexibility index (Phi) is 5.08. The lowest BCUT2D eigenvalue weighted by Crippen LogP contribution is -2.18. The summed E-state index contributed by atoms with van der Waals surface area (Å²) in [4.78, 5) is 18.1. The second-order valence-corrected chi connectivity index (χ2v) is 6.30. The lowest BCUT2D eigenvalue weighted by Gasteiger charge is -2.18. The van der Waals surface area contributed by atoms with Crippen molar-refractivity contribution in [3.05, 3.63) is 59.4 Å². The minimum Gasteiger partial charge on any atom is -0.378 e. The number of amides is 1. The Bertz CT molecular complexity index is 995. The van der Waals surface area contributed by atoms with Gasteiger partial charge in [0, 0.05) is 30.9 Å². The first-order valence-electron chi connectivity index (χ1n) is 8.26. The van der Waals surface area contributed by atoms with Gasteiger partial charge >= 0.3 is 6.18 Å². The van der Waals surface area contributed by atoms with Gasteiger partial charge in [0.05, 0.1) is 11.3 Å². The molecule has 28 heavy (non-hydrogen) atoms. The van der Waals surface area contributed by atoms with Gasteiger partial charge in [0.1, 0.15) is 0 Å². The van der Waals surface area contributed by atoms with Crippen molar-refractivity contribution < 1.29 is 22.5 Å². The van der Waals surface area contributed by atoms with Gasteiger partial charge in [-0.05, 0) is 49.4 Å². The van der Waals surface area contributed by atoms with E-state index in [-0.39, 0.29) is 11.3 Å². The summed E-state index contributed by atoms with van der Waals surface area (Å²) in [5.41, 5.74) is -0.0394. The predicted octanol–water partition coefficient (Wildman–Crippen LogP) is 4.38. The summed E-state index contributed by atoms with van der Waals surface area (Å²) in [5.74, 6) is 0.108. The molecule has 6 nitrogen and oxygen atoms in total. The summed E-state index contributed by atoms with van der Waals surface area (Å²) in [6.07, 6.45) is -4.60. The number of hydrogen-bond donors (Lipinski definition) is 1. The van der Waals surface area contributed by atoms with Gasteiger partial charge < -0.3 is 14.7 Å². The average molecular weight is 390 g/mol. The molecule has 0 saturated heterocycles. The molecule has 0 aliphatic heterocycles. The van der Waals surface area contributed by atoms with Crippen LogP contribution in [-0.2, 0) is 6.18 Å². The highest BCUT2D eigenvalue weighted by molar-refractivity contribution is 6.05. The van der Waals surface area contributed by atoms with Gasteiger partial charge in [-0.25, -0.2) is 0 Å². The maximum atomic E-state index is 13.4. The fourth-order valence-corrected chi connectivity index (χ4v) is 2.53. The first kappa shape index (κ1) is 19.4. The third-order valence-corrected chi connectivity index (χ3v) is 3.99. The van der Waals surface area contributed by atoms with Gasteiger partial charge in [-0.2, -0.15) is 18.2 Å². The quantitative estimate of drug-likeness (QED) is 0.716. The standard InChI is InChI=1S/C19H17F3N4O2/c1-11-23-18(28-25-11)13-6-4-12(5-7-13)17(27)24-16-9-8-14(26(2)3)10-15(16)19(20,21)22/h4-10H,1-3H3,(H,24,27). The van der Waals surface area contributed by atoms with E-state index in [2.05, 4.69) is 15.5 Å². The van der Waals surface area contributed by atoms with Crippen molar-refractivity contribution in [2.24, 2.45) is 0 Å². The Morgan fingerprint density at radius 3 is 2.32 bits per heavy atom. The van der Waals surface area contributed by atoms with Crippen LogP contribution in [0, 0.1) is 6.92 Å². The minimum atomic E-state index is -4.60. The van der Waals surface area contributed by atoms with Crippen LogP contribution in [-0.4, -0.2) is 30.1 Å². The highest BCUT2D eigenvalue weighted by atomic mass is 19.4. The van der Waals surface area contributed by atoms with Crippen LogP contribution < -0.4 is 10.2 Å². The SMILES string of the molecule is Cc1noc(-c2ccc(C(=O)Nc3ccc(N(C)C)cc3C(F)(F)F)cc2)n1. The molecular formula is C19H17F3N4O2. The second-order valence-electron chi connectivity index (χ2n) is 6.30. The van der Waals surface area contributed by atoms with E-state index in [1.165, 1.54) is 24.3 Å². The van der Waals surface area contributed by atoms with Crippen molar-refractivity contribution in [1.82, 2.24) is 10.1 Å². The van der Waals surface area contributed by atoms with Crippen molar-refractivity contribution in [2.75, 3.05) is 24.3 Å². The molecule has 0 bridgehead atoms. The van der Waals surface area contributed by atoms with Crippen LogP contribution in [0.5, 0.6) is 0 Å². The van der Waals surface area contributed by atoms with Crippen molar-refractivity contribution in [3.8, 4) is 11.5 Å². The van der Waals surface area contributed by atoms with E-state index in [9.17, 15) is 18.0 Å². The number of carbonyl (C=O) groups excluding carboxylic acids is 1. The number of aromatic nitrogens is 2. The van der Waals surface area contributed by atoms with Gasteiger partial charge in [-0.15, -0.1) is 0 Å². The summed E-state index contributed by atoms with van der Waals surface area (Å²) >= 11 is 0. The number of nitrogens with one attached hydrogen (secondary N) is 1. The summed E-state index contributed by atoms with van der Waals surface area (Å²) in [5, 5.41) is 6.02. The molecule has 0 spiro atoms. The molecule has 0 fully saturated rings. The van der Waals surface area contributed by atoms with Gasteiger partial charge in [-0.1, -0.05) is 5.16 Å². The van der Waals surface area contributed by atoms with Crippen LogP contribution in [0.4, 0.5) is 24.5 Å². The highest BCUT2D eigenvalue weighted by Gasteiger charge is 2.34. The fraction of sp³-hybridized carbons (Fsp3) is 0.211. The van der Waals surface area contributed by atoms with Crippen molar-refractivity contribution >= 4 is 17.3 Å². The molecule has 9 heteroatoms. The van der Waals surface area contributed by atoms with Crippen LogP contribution in [0.2, 0.25) is 0 Å². The number of rotatable bonds is 4. The van der Waals surface area contributed by atoms with Crippen LogP contribution in [0.15, 0.2) is 47.0 Å². The summed E-state index contributed by atoms with van der Waals surface area (Å²) in [6.45, 7) is 1.68. The van der Waals surface area contributed by atoms with Crippen LogP contribution in [0.1, 0.15) is 21.7 Å². The number of carbonyl (C=O) groups is 1. The van der Waals surface area contributed by atoms with Crippen molar-refractivity contribution in [3.63, 3.8) is 0 Å². The summed E-state index contributed by atoms with van der Waals surface area (Å²) < 4.78 is 45.2. The Morgan fingerprint density at radius 2 is 1.79 bits per heavy atom. The first-order chi connectivity index (χ1) is 13.1. The van der Waals surface area contributed by atoms with Crippen LogP contribution in [0.25, 0.3) is 11.5 Å². The molecule has 146 valence electrons. The number of anilines is 2. The monoisotopic (exact) mass is 390 g/mol. The van der Waals surface area contributed by atoms with E-state index in [4.69, 9.17) is 4.52 Å². The third-order valence-electron chi connectivity index (χ3n) is 3.99. The zero-order valence-corrected chi connectivity index (χ0v) is 15.3. The molecule has 0 saturated carbocycles. The fourth-order valence-electron chi connectivity index (χ4n) is 2.53. The number of halogens is 3. The topological polar surface area (TPSA) is 71.3 Å². The molecule has 1 aromatic heterocycles. The van der Waals surface area contributed by atoms with Gasteiger partial charge in [0.2, 0.25) is 0 Å². The van der Waals surface area contributed by atoms with E-state index in [0.717, 1.165) is 6.07 Å². The van der Waals surface area contributed by atoms with E-state index in [1.807, 2.05) is 0 Å². The molecule has 3 aromatic rings. The molecule has 2 aromatic carbocycles. The molecule has 0 unspecified atom stereocenters. The zero-order valence-electron chi connectivity index (χ0n) is 15.3. The maximum absolute atomic E-state index is 13.4. The molecule has 1 heterocycles. The molecule has 3 rings (SSSR count). The Labute approximate surface area is 159 Å². The van der Waals surface area contributed by atoms with E-state index in [0.29, 0.717) is 23.0 Å². The first-order valence-corrected chi connectivity index (χ1v) is 8.26. The number of aryl methyl sites for hydroxylation is 1. The summed E-state index contributed by atoms with van der Waals surface area (Å²) in [7, 11) is 3.28. The number of alkyl halides is 3. The van der Waals surface area contributed by atoms with Crippen molar-refractivity contribution in [1.29, 1.82) is 0 Å². The van der Waals surface area contributed by atoms with Crippen LogP contribution in [0.3, 0.4) is 0 Å². The molecule has 0 atom stereocenters. The largest absolute Gasteiger partial charge is 0.418 e. The van der Waals surface area contributed by atoms with Gasteiger partial charge in [-0.3, -0.25) is 4.79 Å². The molecule has 0 aliphatic carbocycles. The Morgan fingerprint density at radius 1 is 1.11 bits per heavy atom. The zero-order chi connectivity index (χ0) is 20.5. The van der Waals surface area contributed by atoms with Crippen molar-refractivity contribution in [2.45, 2.75) is 13.1 Å². The molecule has 0 aliphatic rings. The van der Waals surface area contributed by atoms with E-state index in [1.54, 1.807) is 38.1 Å². The Hall–Kier alpha value is -3.36. The minimum absolute atomic E-state index is 0.199. The Balaban J connectivity index is 1.84. The lowest BCUT2D eigenvalue weighted by molar-refractivity contribution is -0.136. The smallest absolute Gasteiger partial charge is 0.378 e. The molecule has 1 amide bonds. The number of hydrogen-bond acceptors (Lipinski definition) is 5. The number of benzene rings is 2. The lowest BCUT2D eigenvalue weighted by atomic mass is 10.1. The molecular weight excluding hydrogens is 373 g/mol. The maximum Gasteiger partial charge on any atom is 0.418 e. The normalized spacial score (nSPS) is 11.4. The van der Waals surface area contributed by atoms with Crippen LogP contribution >= 0.6 is 0 Å². The van der Waals surface area contributed by atoms with Gasteiger partial charge in [0.15, 0.2) is 5.82 Å². The predicted molar refractivity (Wildman–Crippen MR) is 98.2 cm³/mol. The van der Waals surface area contributed by atoms with E-state index >= 15 is 0 Å². The average Bonchev–Trinajstić information content (AvgIpc) is 3.07. The molecule has 0 radical (unpaired) electrons. The van der Waals surface area contributed by atoms with E-state index < -0.39 is 17.6 Å². The molecule has 1 N–H and O–H groups in total. The number of nitrogens with zero attached hydrogens (tertiary/aromatic N) is 3. The third kappa shape index (κ3) is 4.13. The highest BCUT2D eigenvalue weighted by Crippen LogP contribution is 2.37. The summed E-state index contributed by atoms with van der Waals surface area (Å²) in [6, 6.07) is 9.87.